The van der Waals surface area contributed by atoms with Gasteiger partial charge in [-0.25, -0.2) is 9.97 Å². The van der Waals surface area contributed by atoms with Crippen molar-refractivity contribution in [2.75, 3.05) is 0 Å². The first-order valence-electron chi connectivity index (χ1n) is 11.8. The second-order valence-corrected chi connectivity index (χ2v) is 8.10. The van der Waals surface area contributed by atoms with Gasteiger partial charge in [-0.2, -0.15) is 0 Å². The highest BCUT2D eigenvalue weighted by atomic mass is 16.5. The number of esters is 1. The predicted octanol–water partition coefficient (Wildman–Crippen LogP) is 7.31. The second kappa shape index (κ2) is 14.7. The normalized spacial score (nSPS) is 10.9. The Morgan fingerprint density at radius 3 is 1.97 bits per heavy atom. The van der Waals surface area contributed by atoms with Crippen LogP contribution in [0.5, 0.6) is 5.75 Å². The molecule has 2 rings (SSSR count). The predicted molar refractivity (Wildman–Crippen MR) is 124 cm³/mol. The van der Waals surface area contributed by atoms with Crippen LogP contribution in [0.3, 0.4) is 0 Å². The van der Waals surface area contributed by atoms with Crippen LogP contribution in [0.1, 0.15) is 96.5 Å². The fourth-order valence-electron chi connectivity index (χ4n) is 3.47. The molecule has 0 fully saturated rings. The Labute approximate surface area is 182 Å². The highest BCUT2D eigenvalue weighted by Gasteiger charge is 2.07. The molecule has 1 aromatic heterocycles. The molecule has 0 saturated heterocycles. The summed E-state index contributed by atoms with van der Waals surface area (Å²) < 4.78 is 5.43. The molecular formula is C26H38N2O2. The minimum atomic E-state index is -0.158. The maximum absolute atomic E-state index is 12.0. The fraction of sp³-hybridized carbons (Fsp3) is 0.577. The van der Waals surface area contributed by atoms with Crippen molar-refractivity contribution in [1.82, 2.24) is 9.97 Å². The van der Waals surface area contributed by atoms with Gasteiger partial charge < -0.3 is 4.74 Å². The lowest BCUT2D eigenvalue weighted by atomic mass is 10.1. The first-order chi connectivity index (χ1) is 14.7. The molecule has 0 unspecified atom stereocenters. The van der Waals surface area contributed by atoms with E-state index in [1.807, 2.05) is 36.7 Å². The molecule has 4 heteroatoms. The van der Waals surface area contributed by atoms with E-state index in [9.17, 15) is 4.79 Å². The number of unbranched alkanes of at least 4 members (excludes halogenated alkanes) is 9. The van der Waals surface area contributed by atoms with Crippen molar-refractivity contribution in [1.29, 1.82) is 0 Å². The van der Waals surface area contributed by atoms with Gasteiger partial charge in [-0.05, 0) is 49.1 Å². The van der Waals surface area contributed by atoms with Crippen LogP contribution in [-0.4, -0.2) is 15.9 Å². The Kier molecular flexibility index (Phi) is 11.8. The number of hydrogen-bond donors (Lipinski definition) is 0. The minimum Gasteiger partial charge on any atom is -0.427 e. The molecule has 0 spiro atoms. The van der Waals surface area contributed by atoms with Gasteiger partial charge in [0.15, 0.2) is 5.82 Å². The van der Waals surface area contributed by atoms with Gasteiger partial charge in [-0.1, -0.05) is 71.6 Å². The number of carbonyl (C=O) groups is 1. The number of nitrogens with zero attached hydrogens (tertiary/aromatic N) is 2. The van der Waals surface area contributed by atoms with Gasteiger partial charge in [0, 0.05) is 24.4 Å². The van der Waals surface area contributed by atoms with Gasteiger partial charge in [-0.15, -0.1) is 0 Å². The molecule has 0 N–H and O–H groups in total. The van der Waals surface area contributed by atoms with Crippen molar-refractivity contribution < 1.29 is 9.53 Å². The molecule has 0 aliphatic heterocycles. The molecule has 0 amide bonds. The van der Waals surface area contributed by atoms with Crippen LogP contribution in [0, 0.1) is 0 Å². The number of rotatable bonds is 15. The first-order valence-corrected chi connectivity index (χ1v) is 11.8. The Morgan fingerprint density at radius 2 is 1.33 bits per heavy atom. The number of ether oxygens (including phenoxy) is 1. The van der Waals surface area contributed by atoms with E-state index in [2.05, 4.69) is 23.8 Å². The molecular weight excluding hydrogens is 372 g/mol. The SMILES string of the molecule is CCCCCCCCc1cnc(-c2ccc(OC(=O)CCCCCCC)cc2)nc1. The summed E-state index contributed by atoms with van der Waals surface area (Å²) in [6, 6.07) is 7.45. The molecule has 0 aliphatic carbocycles. The van der Waals surface area contributed by atoms with Gasteiger partial charge in [0.2, 0.25) is 0 Å². The van der Waals surface area contributed by atoms with E-state index in [0.29, 0.717) is 18.0 Å². The molecule has 0 radical (unpaired) electrons. The molecule has 0 aliphatic rings. The van der Waals surface area contributed by atoms with Crippen LogP contribution >= 0.6 is 0 Å². The Balaban J connectivity index is 1.74. The molecule has 0 atom stereocenters. The Morgan fingerprint density at radius 1 is 0.767 bits per heavy atom. The third-order valence-corrected chi connectivity index (χ3v) is 5.35. The maximum Gasteiger partial charge on any atom is 0.311 e. The quantitative estimate of drug-likeness (QED) is 0.175. The molecule has 4 nitrogen and oxygen atoms in total. The maximum atomic E-state index is 12.0. The Bertz CT molecular complexity index is 711. The Hall–Kier alpha value is -2.23. The highest BCUT2D eigenvalue weighted by molar-refractivity contribution is 5.72. The monoisotopic (exact) mass is 410 g/mol. The van der Waals surface area contributed by atoms with E-state index in [-0.39, 0.29) is 5.97 Å². The average Bonchev–Trinajstić information content (AvgIpc) is 2.77. The number of carbonyl (C=O) groups excluding carboxylic acids is 1. The lowest BCUT2D eigenvalue weighted by Gasteiger charge is -2.06. The van der Waals surface area contributed by atoms with Crippen LogP contribution < -0.4 is 4.74 Å². The standard InChI is InChI=1S/C26H38N2O2/c1-3-5-7-9-11-12-14-22-20-27-26(28-21-22)23-16-18-24(19-17-23)30-25(29)15-13-10-8-6-4-2/h16-21H,3-15H2,1-2H3. The average molecular weight is 411 g/mol. The summed E-state index contributed by atoms with van der Waals surface area (Å²) in [6.07, 6.45) is 18.8. The minimum absolute atomic E-state index is 0.158. The molecule has 164 valence electrons. The molecule has 2 aromatic rings. The summed E-state index contributed by atoms with van der Waals surface area (Å²) >= 11 is 0. The topological polar surface area (TPSA) is 52.1 Å². The van der Waals surface area contributed by atoms with Crippen LogP contribution in [0.4, 0.5) is 0 Å². The molecule has 1 heterocycles. The van der Waals surface area contributed by atoms with Crippen molar-refractivity contribution in [2.24, 2.45) is 0 Å². The summed E-state index contributed by atoms with van der Waals surface area (Å²) in [6.45, 7) is 4.43. The van der Waals surface area contributed by atoms with E-state index in [1.165, 1.54) is 63.4 Å². The van der Waals surface area contributed by atoms with E-state index < -0.39 is 0 Å². The lowest BCUT2D eigenvalue weighted by Crippen LogP contribution is -2.07. The van der Waals surface area contributed by atoms with Gasteiger partial charge in [-0.3, -0.25) is 4.79 Å². The molecule has 0 saturated carbocycles. The molecule has 0 bridgehead atoms. The van der Waals surface area contributed by atoms with Crippen LogP contribution in [0.15, 0.2) is 36.7 Å². The third-order valence-electron chi connectivity index (χ3n) is 5.35. The van der Waals surface area contributed by atoms with Gasteiger partial charge in [0.25, 0.3) is 0 Å². The van der Waals surface area contributed by atoms with Crippen molar-refractivity contribution in [3.05, 3.63) is 42.2 Å². The highest BCUT2D eigenvalue weighted by Crippen LogP contribution is 2.20. The second-order valence-electron chi connectivity index (χ2n) is 8.10. The number of aromatic nitrogens is 2. The summed E-state index contributed by atoms with van der Waals surface area (Å²) in [7, 11) is 0. The summed E-state index contributed by atoms with van der Waals surface area (Å²) in [5.41, 5.74) is 2.12. The zero-order valence-corrected chi connectivity index (χ0v) is 18.9. The zero-order valence-electron chi connectivity index (χ0n) is 18.9. The van der Waals surface area contributed by atoms with E-state index >= 15 is 0 Å². The van der Waals surface area contributed by atoms with Crippen LogP contribution in [0.25, 0.3) is 11.4 Å². The van der Waals surface area contributed by atoms with Crippen molar-refractivity contribution in [3.8, 4) is 17.1 Å². The fourth-order valence-corrected chi connectivity index (χ4v) is 3.47. The number of aryl methyl sites for hydroxylation is 1. The number of benzene rings is 1. The van der Waals surface area contributed by atoms with Crippen molar-refractivity contribution in [3.63, 3.8) is 0 Å². The zero-order chi connectivity index (χ0) is 21.4. The van der Waals surface area contributed by atoms with Gasteiger partial charge >= 0.3 is 5.97 Å². The van der Waals surface area contributed by atoms with Gasteiger partial charge in [0.05, 0.1) is 0 Å². The number of hydrogen-bond acceptors (Lipinski definition) is 4. The smallest absolute Gasteiger partial charge is 0.311 e. The van der Waals surface area contributed by atoms with Crippen molar-refractivity contribution >= 4 is 5.97 Å². The van der Waals surface area contributed by atoms with Crippen LogP contribution in [-0.2, 0) is 11.2 Å². The summed E-state index contributed by atoms with van der Waals surface area (Å²) in [4.78, 5) is 21.0. The van der Waals surface area contributed by atoms with E-state index in [0.717, 1.165) is 24.8 Å². The van der Waals surface area contributed by atoms with E-state index in [1.54, 1.807) is 0 Å². The molecule has 30 heavy (non-hydrogen) atoms. The van der Waals surface area contributed by atoms with Gasteiger partial charge in [0.1, 0.15) is 5.75 Å². The molecule has 1 aromatic carbocycles. The largest absolute Gasteiger partial charge is 0.427 e. The lowest BCUT2D eigenvalue weighted by molar-refractivity contribution is -0.134. The van der Waals surface area contributed by atoms with E-state index in [4.69, 9.17) is 4.74 Å². The first kappa shape index (κ1) is 24.0. The third kappa shape index (κ3) is 9.51. The van der Waals surface area contributed by atoms with Crippen molar-refractivity contribution in [2.45, 2.75) is 97.3 Å². The van der Waals surface area contributed by atoms with Crippen LogP contribution in [0.2, 0.25) is 0 Å². The summed E-state index contributed by atoms with van der Waals surface area (Å²) in [5, 5.41) is 0. The summed E-state index contributed by atoms with van der Waals surface area (Å²) in [5.74, 6) is 1.13.